The lowest BCUT2D eigenvalue weighted by Gasteiger charge is -2.36. The highest BCUT2D eigenvalue weighted by atomic mass is 16.1. The van der Waals surface area contributed by atoms with Crippen LogP contribution in [0.15, 0.2) is 17.1 Å². The molecule has 1 aromatic heterocycles. The van der Waals surface area contributed by atoms with E-state index < -0.39 is 0 Å². The van der Waals surface area contributed by atoms with Crippen LogP contribution in [0.1, 0.15) is 31.6 Å². The van der Waals surface area contributed by atoms with Gasteiger partial charge in [-0.3, -0.25) is 9.36 Å². The van der Waals surface area contributed by atoms with Crippen molar-refractivity contribution in [1.82, 2.24) is 14.5 Å². The number of hydrogen-bond donors (Lipinski definition) is 0. The van der Waals surface area contributed by atoms with Gasteiger partial charge >= 0.3 is 0 Å². The summed E-state index contributed by atoms with van der Waals surface area (Å²) in [6, 6.07) is 2.40. The highest BCUT2D eigenvalue weighted by molar-refractivity contribution is 4.96. The Kier molecular flexibility index (Phi) is 3.10. The zero-order valence-electron chi connectivity index (χ0n) is 10.2. The van der Waals surface area contributed by atoms with Crippen LogP contribution in [0, 0.1) is 6.92 Å². The monoisotopic (exact) mass is 221 g/mol. The van der Waals surface area contributed by atoms with E-state index in [1.807, 2.05) is 11.5 Å². The molecule has 0 saturated carbocycles. The summed E-state index contributed by atoms with van der Waals surface area (Å²) in [5.74, 6) is 0.828. The molecule has 1 aromatic rings. The van der Waals surface area contributed by atoms with Gasteiger partial charge in [0.05, 0.1) is 0 Å². The molecule has 4 nitrogen and oxygen atoms in total. The van der Waals surface area contributed by atoms with Crippen LogP contribution in [0.5, 0.6) is 0 Å². The topological polar surface area (TPSA) is 38.1 Å². The maximum atomic E-state index is 11.8. The number of likely N-dealkylation sites (tertiary alicyclic amines) is 1. The maximum Gasteiger partial charge on any atom is 0.253 e. The second kappa shape index (κ2) is 4.37. The Morgan fingerprint density at radius 2 is 2.25 bits per heavy atom. The van der Waals surface area contributed by atoms with Gasteiger partial charge in [-0.05, 0) is 33.7 Å². The molecule has 0 aliphatic carbocycles. The van der Waals surface area contributed by atoms with Crippen molar-refractivity contribution >= 4 is 0 Å². The van der Waals surface area contributed by atoms with E-state index in [0.29, 0.717) is 12.1 Å². The van der Waals surface area contributed by atoms with Crippen molar-refractivity contribution in [3.8, 4) is 0 Å². The van der Waals surface area contributed by atoms with E-state index in [4.69, 9.17) is 0 Å². The molecule has 4 heteroatoms. The first kappa shape index (κ1) is 11.3. The molecule has 0 aromatic carbocycles. The highest BCUT2D eigenvalue weighted by Crippen LogP contribution is 2.25. The molecule has 0 amide bonds. The fourth-order valence-electron chi connectivity index (χ4n) is 2.45. The van der Waals surface area contributed by atoms with Crippen molar-refractivity contribution in [2.24, 2.45) is 0 Å². The normalized spacial score (nSPS) is 26.9. The summed E-state index contributed by atoms with van der Waals surface area (Å²) in [6.45, 7) is 5.17. The van der Waals surface area contributed by atoms with E-state index in [-0.39, 0.29) is 5.56 Å². The van der Waals surface area contributed by atoms with Gasteiger partial charge in [0.2, 0.25) is 0 Å². The molecular formula is C12H19N3O. The second-order valence-corrected chi connectivity index (χ2v) is 4.71. The maximum absolute atomic E-state index is 11.8. The molecule has 88 valence electrons. The first-order valence-corrected chi connectivity index (χ1v) is 5.84. The summed E-state index contributed by atoms with van der Waals surface area (Å²) in [5.41, 5.74) is 0.0780. The van der Waals surface area contributed by atoms with Gasteiger partial charge < -0.3 is 4.90 Å². The van der Waals surface area contributed by atoms with Crippen LogP contribution in [0.25, 0.3) is 0 Å². The van der Waals surface area contributed by atoms with Gasteiger partial charge in [0.1, 0.15) is 5.82 Å². The molecule has 0 spiro atoms. The molecular weight excluding hydrogens is 202 g/mol. The minimum absolute atomic E-state index is 0.0780. The molecule has 16 heavy (non-hydrogen) atoms. The number of nitrogens with zero attached hydrogens (tertiary/aromatic N) is 3. The third-order valence-electron chi connectivity index (χ3n) is 3.61. The fourth-order valence-corrected chi connectivity index (χ4v) is 2.45. The van der Waals surface area contributed by atoms with Gasteiger partial charge in [0.25, 0.3) is 5.56 Å². The van der Waals surface area contributed by atoms with Crippen LogP contribution in [-0.2, 0) is 0 Å². The summed E-state index contributed by atoms with van der Waals surface area (Å²) >= 11 is 0. The van der Waals surface area contributed by atoms with Gasteiger partial charge in [-0.15, -0.1) is 0 Å². The second-order valence-electron chi connectivity index (χ2n) is 4.71. The van der Waals surface area contributed by atoms with Crippen LogP contribution in [-0.4, -0.2) is 34.1 Å². The zero-order chi connectivity index (χ0) is 11.7. The van der Waals surface area contributed by atoms with E-state index in [1.54, 1.807) is 12.3 Å². The lowest BCUT2D eigenvalue weighted by Crippen LogP contribution is -2.41. The standard InChI is InChI=1S/C12H19N3O/c1-9-8-11(5-7-14(9)3)15-10(2)13-6-4-12(15)16/h4,6,9,11H,5,7-8H2,1-3H3. The Balaban J connectivity index is 2.28. The molecule has 1 aliphatic heterocycles. The average Bonchev–Trinajstić information content (AvgIpc) is 2.23. The van der Waals surface area contributed by atoms with Crippen LogP contribution in [0.2, 0.25) is 0 Å². The first-order chi connectivity index (χ1) is 7.59. The summed E-state index contributed by atoms with van der Waals surface area (Å²) in [4.78, 5) is 18.4. The Hall–Kier alpha value is -1.16. The third-order valence-corrected chi connectivity index (χ3v) is 3.61. The smallest absolute Gasteiger partial charge is 0.253 e. The SMILES string of the molecule is Cc1nccc(=O)n1C1CCN(C)C(C)C1. The van der Waals surface area contributed by atoms with E-state index in [0.717, 1.165) is 25.2 Å². The minimum Gasteiger partial charge on any atom is -0.304 e. The Bertz CT molecular complexity index is 427. The third kappa shape index (κ3) is 2.02. The molecule has 2 unspecified atom stereocenters. The van der Waals surface area contributed by atoms with E-state index in [2.05, 4.69) is 23.9 Å². The molecule has 2 atom stereocenters. The largest absolute Gasteiger partial charge is 0.304 e. The summed E-state index contributed by atoms with van der Waals surface area (Å²) in [5, 5.41) is 0. The minimum atomic E-state index is 0.0780. The molecule has 1 fully saturated rings. The number of aromatic nitrogens is 2. The first-order valence-electron chi connectivity index (χ1n) is 5.84. The molecule has 0 radical (unpaired) electrons. The van der Waals surface area contributed by atoms with E-state index in [9.17, 15) is 4.79 Å². The Morgan fingerprint density at radius 3 is 2.88 bits per heavy atom. The molecule has 2 rings (SSSR count). The van der Waals surface area contributed by atoms with Crippen LogP contribution >= 0.6 is 0 Å². The summed E-state index contributed by atoms with van der Waals surface area (Å²) < 4.78 is 1.85. The van der Waals surface area contributed by atoms with Crippen LogP contribution in [0.3, 0.4) is 0 Å². The lowest BCUT2D eigenvalue weighted by atomic mass is 9.98. The summed E-state index contributed by atoms with van der Waals surface area (Å²) in [6.07, 6.45) is 3.66. The Labute approximate surface area is 95.9 Å². The molecule has 0 N–H and O–H groups in total. The number of rotatable bonds is 1. The fraction of sp³-hybridized carbons (Fsp3) is 0.667. The van der Waals surface area contributed by atoms with Crippen LogP contribution in [0.4, 0.5) is 0 Å². The molecule has 0 bridgehead atoms. The number of aryl methyl sites for hydroxylation is 1. The van der Waals surface area contributed by atoms with Crippen LogP contribution < -0.4 is 5.56 Å². The van der Waals surface area contributed by atoms with E-state index in [1.165, 1.54) is 0 Å². The average molecular weight is 221 g/mol. The Morgan fingerprint density at radius 1 is 1.50 bits per heavy atom. The van der Waals surface area contributed by atoms with Gasteiger partial charge in [-0.1, -0.05) is 0 Å². The predicted molar refractivity (Wildman–Crippen MR) is 63.6 cm³/mol. The van der Waals surface area contributed by atoms with E-state index >= 15 is 0 Å². The number of piperidine rings is 1. The summed E-state index contributed by atoms with van der Waals surface area (Å²) in [7, 11) is 2.14. The van der Waals surface area contributed by atoms with Gasteiger partial charge in [0.15, 0.2) is 0 Å². The zero-order valence-corrected chi connectivity index (χ0v) is 10.2. The molecule has 1 aliphatic rings. The van der Waals surface area contributed by atoms with Crippen molar-refractivity contribution in [3.05, 3.63) is 28.4 Å². The van der Waals surface area contributed by atoms with Gasteiger partial charge in [0, 0.05) is 30.9 Å². The van der Waals surface area contributed by atoms with Crippen molar-refractivity contribution in [1.29, 1.82) is 0 Å². The quantitative estimate of drug-likeness (QED) is 0.715. The van der Waals surface area contributed by atoms with Crippen molar-refractivity contribution in [2.75, 3.05) is 13.6 Å². The molecule has 2 heterocycles. The van der Waals surface area contributed by atoms with Crippen molar-refractivity contribution in [2.45, 2.75) is 38.8 Å². The predicted octanol–water partition coefficient (Wildman–Crippen LogP) is 1.21. The lowest BCUT2D eigenvalue weighted by molar-refractivity contribution is 0.153. The van der Waals surface area contributed by atoms with Crippen molar-refractivity contribution in [3.63, 3.8) is 0 Å². The van der Waals surface area contributed by atoms with Gasteiger partial charge in [-0.2, -0.15) is 0 Å². The number of hydrogen-bond acceptors (Lipinski definition) is 3. The van der Waals surface area contributed by atoms with Gasteiger partial charge in [-0.25, -0.2) is 4.98 Å². The highest BCUT2D eigenvalue weighted by Gasteiger charge is 2.25. The molecule has 1 saturated heterocycles. The van der Waals surface area contributed by atoms with Crippen molar-refractivity contribution < 1.29 is 0 Å².